The van der Waals surface area contributed by atoms with E-state index in [1.165, 1.54) is 18.7 Å². The number of hydrogen-bond acceptors (Lipinski definition) is 7. The van der Waals surface area contributed by atoms with E-state index in [0.717, 1.165) is 11.4 Å². The lowest BCUT2D eigenvalue weighted by atomic mass is 10.1. The maximum Gasteiger partial charge on any atom is 0.317 e. The van der Waals surface area contributed by atoms with Crippen molar-refractivity contribution in [3.8, 4) is 0 Å². The highest BCUT2D eigenvalue weighted by Gasteiger charge is 2.20. The molecule has 1 aromatic carbocycles. The van der Waals surface area contributed by atoms with Crippen molar-refractivity contribution < 1.29 is 19.1 Å². The van der Waals surface area contributed by atoms with Crippen LogP contribution in [0.5, 0.6) is 0 Å². The van der Waals surface area contributed by atoms with E-state index in [1.54, 1.807) is 38.1 Å². The molecule has 1 aromatic heterocycles. The monoisotopic (exact) mass is 415 g/mol. The standard InChI is InChI=1S/C21H25N3O4S/c1-12(2)20(27)24-17-8-6-16(7-9-17)19(26)15(5)28-18(25)11-29-21-22-13(3)10-14(4)23-21/h6-10,12,15H,11H2,1-5H3,(H,24,27)/t15-/m1/s1. The highest BCUT2D eigenvalue weighted by Crippen LogP contribution is 2.16. The van der Waals surface area contributed by atoms with Crippen LogP contribution in [0.3, 0.4) is 0 Å². The van der Waals surface area contributed by atoms with Crippen molar-refractivity contribution in [2.24, 2.45) is 5.92 Å². The molecule has 0 radical (unpaired) electrons. The SMILES string of the molecule is Cc1cc(C)nc(SCC(=O)O[C@H](C)C(=O)c2ccc(NC(=O)C(C)C)cc2)n1. The molecule has 2 rings (SSSR count). The van der Waals surface area contributed by atoms with Crippen LogP contribution in [-0.4, -0.2) is 39.5 Å². The molecule has 0 unspecified atom stereocenters. The fraction of sp³-hybridized carbons (Fsp3) is 0.381. The van der Waals surface area contributed by atoms with Gasteiger partial charge in [0.05, 0.1) is 5.75 Å². The number of aryl methyl sites for hydroxylation is 2. The van der Waals surface area contributed by atoms with E-state index in [1.807, 2.05) is 19.9 Å². The maximum atomic E-state index is 12.5. The average Bonchev–Trinajstić information content (AvgIpc) is 2.65. The van der Waals surface area contributed by atoms with E-state index in [2.05, 4.69) is 15.3 Å². The number of hydrogen-bond donors (Lipinski definition) is 1. The van der Waals surface area contributed by atoms with E-state index in [0.29, 0.717) is 16.4 Å². The molecule has 2 aromatic rings. The first-order valence-corrected chi connectivity index (χ1v) is 10.2. The van der Waals surface area contributed by atoms with Crippen molar-refractivity contribution in [3.05, 3.63) is 47.3 Å². The molecule has 0 fully saturated rings. The molecule has 0 saturated heterocycles. The van der Waals surface area contributed by atoms with E-state index in [-0.39, 0.29) is 23.4 Å². The lowest BCUT2D eigenvalue weighted by molar-refractivity contribution is -0.143. The number of anilines is 1. The molecule has 7 nitrogen and oxygen atoms in total. The number of ketones is 1. The van der Waals surface area contributed by atoms with Crippen molar-refractivity contribution in [1.82, 2.24) is 9.97 Å². The molecule has 0 saturated carbocycles. The van der Waals surface area contributed by atoms with Crippen molar-refractivity contribution in [1.29, 1.82) is 0 Å². The van der Waals surface area contributed by atoms with E-state index >= 15 is 0 Å². The topological polar surface area (TPSA) is 98.2 Å². The largest absolute Gasteiger partial charge is 0.454 e. The van der Waals surface area contributed by atoms with Crippen molar-refractivity contribution in [2.45, 2.75) is 45.9 Å². The predicted octanol–water partition coefficient (Wildman–Crippen LogP) is 3.59. The Morgan fingerprint density at radius 2 is 1.62 bits per heavy atom. The number of Topliss-reactive ketones (excluding diaryl/α,β-unsaturated/α-hetero) is 1. The highest BCUT2D eigenvalue weighted by molar-refractivity contribution is 7.99. The second-order valence-corrected chi connectivity index (χ2v) is 7.88. The number of thioether (sulfide) groups is 1. The minimum Gasteiger partial charge on any atom is -0.454 e. The van der Waals surface area contributed by atoms with Crippen LogP contribution in [0.2, 0.25) is 0 Å². The van der Waals surface area contributed by atoms with Gasteiger partial charge >= 0.3 is 5.97 Å². The Kier molecular flexibility index (Phi) is 7.90. The minimum absolute atomic E-state index is 0.0146. The number of carbonyl (C=O) groups excluding carboxylic acids is 3. The molecule has 1 amide bonds. The minimum atomic E-state index is -0.917. The van der Waals surface area contributed by atoms with Crippen LogP contribution < -0.4 is 5.32 Å². The molecule has 0 aliphatic rings. The van der Waals surface area contributed by atoms with Gasteiger partial charge in [0.1, 0.15) is 0 Å². The molecular weight excluding hydrogens is 390 g/mol. The highest BCUT2D eigenvalue weighted by atomic mass is 32.2. The number of ether oxygens (including phenoxy) is 1. The van der Waals surface area contributed by atoms with Gasteiger partial charge in [-0.25, -0.2) is 9.97 Å². The Balaban J connectivity index is 1.89. The maximum absolute atomic E-state index is 12.5. The van der Waals surface area contributed by atoms with Gasteiger partial charge in [-0.3, -0.25) is 14.4 Å². The van der Waals surface area contributed by atoms with Gasteiger partial charge in [-0.05, 0) is 51.1 Å². The Morgan fingerprint density at radius 1 is 1.03 bits per heavy atom. The van der Waals surface area contributed by atoms with Gasteiger partial charge in [-0.1, -0.05) is 25.6 Å². The molecule has 1 heterocycles. The third-order valence-corrected chi connectivity index (χ3v) is 4.74. The first-order valence-electron chi connectivity index (χ1n) is 9.25. The molecule has 0 bridgehead atoms. The number of esters is 1. The Morgan fingerprint density at radius 3 is 2.17 bits per heavy atom. The summed E-state index contributed by atoms with van der Waals surface area (Å²) in [6.45, 7) is 8.85. The number of rotatable bonds is 8. The number of nitrogens with one attached hydrogen (secondary N) is 1. The van der Waals surface area contributed by atoms with Gasteiger partial charge in [-0.15, -0.1) is 0 Å². The lowest BCUT2D eigenvalue weighted by Gasteiger charge is -2.13. The molecule has 0 aliphatic carbocycles. The number of benzene rings is 1. The molecule has 0 aliphatic heterocycles. The average molecular weight is 416 g/mol. The Hall–Kier alpha value is -2.74. The molecule has 154 valence electrons. The molecule has 1 atom stereocenters. The molecule has 29 heavy (non-hydrogen) atoms. The summed E-state index contributed by atoms with van der Waals surface area (Å²) >= 11 is 1.17. The van der Waals surface area contributed by atoms with Gasteiger partial charge in [0.15, 0.2) is 11.3 Å². The van der Waals surface area contributed by atoms with Gasteiger partial charge in [-0.2, -0.15) is 0 Å². The number of carbonyl (C=O) groups is 3. The summed E-state index contributed by atoms with van der Waals surface area (Å²) in [4.78, 5) is 44.8. The van der Waals surface area contributed by atoms with Crippen LogP contribution in [0.4, 0.5) is 5.69 Å². The van der Waals surface area contributed by atoms with Gasteiger partial charge in [0.25, 0.3) is 0 Å². The Labute approximate surface area is 174 Å². The summed E-state index contributed by atoms with van der Waals surface area (Å²) in [5.74, 6) is -1.05. The Bertz CT molecular complexity index is 877. The number of nitrogens with zero attached hydrogens (tertiary/aromatic N) is 2. The van der Waals surface area contributed by atoms with Crippen LogP contribution in [0, 0.1) is 19.8 Å². The smallest absolute Gasteiger partial charge is 0.317 e. The zero-order valence-electron chi connectivity index (χ0n) is 17.2. The van der Waals surface area contributed by atoms with Gasteiger partial charge in [0.2, 0.25) is 11.7 Å². The van der Waals surface area contributed by atoms with Crippen molar-refractivity contribution in [3.63, 3.8) is 0 Å². The van der Waals surface area contributed by atoms with Crippen LogP contribution in [0.25, 0.3) is 0 Å². The normalized spacial score (nSPS) is 11.8. The number of amides is 1. The quantitative estimate of drug-likeness (QED) is 0.304. The summed E-state index contributed by atoms with van der Waals surface area (Å²) in [7, 11) is 0. The second-order valence-electron chi connectivity index (χ2n) is 6.94. The summed E-state index contributed by atoms with van der Waals surface area (Å²) in [5, 5.41) is 3.26. The van der Waals surface area contributed by atoms with Gasteiger partial charge in [0, 0.05) is 28.6 Å². The van der Waals surface area contributed by atoms with Crippen LogP contribution in [-0.2, 0) is 14.3 Å². The lowest BCUT2D eigenvalue weighted by Crippen LogP contribution is -2.25. The summed E-state index contributed by atoms with van der Waals surface area (Å²) in [6.07, 6.45) is -0.917. The van der Waals surface area contributed by atoms with E-state index in [4.69, 9.17) is 4.74 Å². The van der Waals surface area contributed by atoms with Gasteiger partial charge < -0.3 is 10.1 Å². The third-order valence-electron chi connectivity index (χ3n) is 3.92. The molecule has 1 N–H and O–H groups in total. The zero-order valence-corrected chi connectivity index (χ0v) is 18.0. The van der Waals surface area contributed by atoms with Crippen LogP contribution in [0.1, 0.15) is 42.5 Å². The number of aromatic nitrogens is 2. The zero-order chi connectivity index (χ0) is 21.6. The van der Waals surface area contributed by atoms with E-state index < -0.39 is 12.1 Å². The first-order chi connectivity index (χ1) is 13.7. The van der Waals surface area contributed by atoms with Crippen molar-refractivity contribution >= 4 is 35.1 Å². The summed E-state index contributed by atoms with van der Waals surface area (Å²) in [5.41, 5.74) is 2.66. The van der Waals surface area contributed by atoms with Crippen LogP contribution in [0.15, 0.2) is 35.5 Å². The molecular formula is C21H25N3O4S. The first kappa shape index (κ1) is 22.5. The van der Waals surface area contributed by atoms with Crippen molar-refractivity contribution in [2.75, 3.05) is 11.1 Å². The van der Waals surface area contributed by atoms with E-state index in [9.17, 15) is 14.4 Å². The molecule has 0 spiro atoms. The summed E-state index contributed by atoms with van der Waals surface area (Å²) in [6, 6.07) is 8.34. The predicted molar refractivity (Wildman–Crippen MR) is 112 cm³/mol. The second kappa shape index (κ2) is 10.2. The third kappa shape index (κ3) is 6.98. The fourth-order valence-corrected chi connectivity index (χ4v) is 3.14. The van der Waals surface area contributed by atoms with Crippen LogP contribution >= 0.6 is 11.8 Å². The summed E-state index contributed by atoms with van der Waals surface area (Å²) < 4.78 is 5.24. The fourth-order valence-electron chi connectivity index (χ4n) is 2.41. The molecule has 8 heteroatoms.